The summed E-state index contributed by atoms with van der Waals surface area (Å²) in [5, 5.41) is 0. The van der Waals surface area contributed by atoms with Crippen molar-refractivity contribution in [2.75, 3.05) is 13.7 Å². The second-order valence-electron chi connectivity index (χ2n) is 4.39. The zero-order chi connectivity index (χ0) is 10.8. The fraction of sp³-hybridized carbons (Fsp3) is 0.818. The molecule has 1 aliphatic carbocycles. The first-order valence-corrected chi connectivity index (χ1v) is 5.63. The average Bonchev–Trinajstić information content (AvgIpc) is 2.70. The first kappa shape index (κ1) is 10.5. The van der Waals surface area contributed by atoms with Crippen molar-refractivity contribution >= 4 is 11.9 Å². The summed E-state index contributed by atoms with van der Waals surface area (Å²) in [6, 6.07) is 0.297. The van der Waals surface area contributed by atoms with Gasteiger partial charge in [0, 0.05) is 12.6 Å². The van der Waals surface area contributed by atoms with Crippen LogP contribution in [0.1, 0.15) is 32.1 Å². The van der Waals surface area contributed by atoms with Gasteiger partial charge < -0.3 is 9.64 Å². The standard InChI is InChI=1S/C11H17NO3/c1-15-11(14)10(13)12-7-6-8-4-2-3-5-9(8)12/h8-9H,2-7H2,1H3/t8-,9-/m0/s1. The van der Waals surface area contributed by atoms with Crippen LogP contribution in [0.3, 0.4) is 0 Å². The lowest BCUT2D eigenvalue weighted by Gasteiger charge is -2.30. The Morgan fingerprint density at radius 3 is 2.67 bits per heavy atom. The summed E-state index contributed by atoms with van der Waals surface area (Å²) in [5.41, 5.74) is 0. The first-order valence-electron chi connectivity index (χ1n) is 5.63. The molecule has 0 radical (unpaired) electrons. The van der Waals surface area contributed by atoms with Crippen LogP contribution < -0.4 is 0 Å². The molecule has 1 saturated carbocycles. The number of rotatable bonds is 0. The summed E-state index contributed by atoms with van der Waals surface area (Å²) >= 11 is 0. The van der Waals surface area contributed by atoms with Gasteiger partial charge in [-0.25, -0.2) is 4.79 Å². The van der Waals surface area contributed by atoms with E-state index in [-0.39, 0.29) is 0 Å². The molecule has 0 N–H and O–H groups in total. The zero-order valence-electron chi connectivity index (χ0n) is 9.07. The summed E-state index contributed by atoms with van der Waals surface area (Å²) in [6.07, 6.45) is 5.74. The highest BCUT2D eigenvalue weighted by molar-refractivity contribution is 6.32. The Hall–Kier alpha value is -1.06. The van der Waals surface area contributed by atoms with Gasteiger partial charge >= 0.3 is 11.9 Å². The number of carbonyl (C=O) groups excluding carboxylic acids is 2. The van der Waals surface area contributed by atoms with Crippen molar-refractivity contribution in [2.45, 2.75) is 38.1 Å². The molecule has 1 heterocycles. The normalized spacial score (nSPS) is 29.8. The molecule has 0 spiro atoms. The summed E-state index contributed by atoms with van der Waals surface area (Å²) in [6.45, 7) is 0.725. The van der Waals surface area contributed by atoms with Crippen molar-refractivity contribution in [3.05, 3.63) is 0 Å². The van der Waals surface area contributed by atoms with Gasteiger partial charge in [-0.3, -0.25) is 4.79 Å². The smallest absolute Gasteiger partial charge is 0.396 e. The molecule has 84 valence electrons. The molecular weight excluding hydrogens is 194 g/mol. The topological polar surface area (TPSA) is 46.6 Å². The number of esters is 1. The lowest BCUT2D eigenvalue weighted by molar-refractivity contribution is -0.159. The molecule has 2 atom stereocenters. The Morgan fingerprint density at radius 1 is 1.20 bits per heavy atom. The number of fused-ring (bicyclic) bond motifs is 1. The Morgan fingerprint density at radius 2 is 1.93 bits per heavy atom. The SMILES string of the molecule is COC(=O)C(=O)N1CC[C@@H]2CCCC[C@@H]21. The highest BCUT2D eigenvalue weighted by Crippen LogP contribution is 2.36. The van der Waals surface area contributed by atoms with Gasteiger partial charge in [-0.1, -0.05) is 12.8 Å². The van der Waals surface area contributed by atoms with Crippen molar-refractivity contribution in [3.8, 4) is 0 Å². The predicted molar refractivity (Wildman–Crippen MR) is 54.1 cm³/mol. The van der Waals surface area contributed by atoms with Gasteiger partial charge in [-0.2, -0.15) is 0 Å². The highest BCUT2D eigenvalue weighted by Gasteiger charge is 2.40. The minimum Gasteiger partial charge on any atom is -0.462 e. The van der Waals surface area contributed by atoms with Gasteiger partial charge in [-0.15, -0.1) is 0 Å². The summed E-state index contributed by atoms with van der Waals surface area (Å²) in [4.78, 5) is 24.6. The van der Waals surface area contributed by atoms with E-state index in [1.807, 2.05) is 0 Å². The fourth-order valence-corrected chi connectivity index (χ4v) is 2.86. The number of carbonyl (C=O) groups is 2. The van der Waals surface area contributed by atoms with Crippen molar-refractivity contribution in [2.24, 2.45) is 5.92 Å². The lowest BCUT2D eigenvalue weighted by atomic mass is 9.85. The maximum absolute atomic E-state index is 11.7. The molecule has 15 heavy (non-hydrogen) atoms. The fourth-order valence-electron chi connectivity index (χ4n) is 2.86. The Kier molecular flexibility index (Phi) is 2.93. The molecule has 2 fully saturated rings. The van der Waals surface area contributed by atoms with Crippen LogP contribution in [0.15, 0.2) is 0 Å². The third kappa shape index (κ3) is 1.85. The Bertz CT molecular complexity index is 277. The van der Waals surface area contributed by atoms with E-state index >= 15 is 0 Å². The molecule has 1 amide bonds. The van der Waals surface area contributed by atoms with Gasteiger partial charge in [0.25, 0.3) is 0 Å². The van der Waals surface area contributed by atoms with Crippen LogP contribution in [-0.4, -0.2) is 36.5 Å². The molecule has 2 rings (SSSR count). The van der Waals surface area contributed by atoms with E-state index in [9.17, 15) is 9.59 Å². The lowest BCUT2D eigenvalue weighted by Crippen LogP contribution is -2.43. The van der Waals surface area contributed by atoms with Gasteiger partial charge in [0.1, 0.15) is 0 Å². The number of likely N-dealkylation sites (tertiary alicyclic amines) is 1. The van der Waals surface area contributed by atoms with Crippen LogP contribution in [0.25, 0.3) is 0 Å². The van der Waals surface area contributed by atoms with E-state index < -0.39 is 11.9 Å². The Balaban J connectivity index is 2.04. The number of hydrogen-bond donors (Lipinski definition) is 0. The van der Waals surface area contributed by atoms with Crippen LogP contribution in [0, 0.1) is 5.92 Å². The molecule has 4 heteroatoms. The van der Waals surface area contributed by atoms with Crippen molar-refractivity contribution in [1.82, 2.24) is 4.90 Å². The van der Waals surface area contributed by atoms with E-state index in [2.05, 4.69) is 4.74 Å². The van der Waals surface area contributed by atoms with E-state index in [0.29, 0.717) is 12.0 Å². The molecule has 1 aliphatic heterocycles. The van der Waals surface area contributed by atoms with E-state index in [0.717, 1.165) is 19.4 Å². The molecule has 0 unspecified atom stereocenters. The maximum Gasteiger partial charge on any atom is 0.396 e. The van der Waals surface area contributed by atoms with E-state index in [1.165, 1.54) is 26.4 Å². The molecule has 4 nitrogen and oxygen atoms in total. The van der Waals surface area contributed by atoms with Gasteiger partial charge in [-0.05, 0) is 25.2 Å². The molecule has 1 saturated heterocycles. The summed E-state index contributed by atoms with van der Waals surface area (Å²) in [5.74, 6) is -0.555. The third-order valence-electron chi connectivity index (χ3n) is 3.63. The molecular formula is C11H17NO3. The first-order chi connectivity index (χ1) is 7.24. The van der Waals surface area contributed by atoms with Crippen LogP contribution in [0.4, 0.5) is 0 Å². The molecule has 0 aromatic rings. The number of amides is 1. The maximum atomic E-state index is 11.7. The number of hydrogen-bond acceptors (Lipinski definition) is 3. The van der Waals surface area contributed by atoms with Crippen molar-refractivity contribution < 1.29 is 14.3 Å². The van der Waals surface area contributed by atoms with Crippen LogP contribution in [-0.2, 0) is 14.3 Å². The monoisotopic (exact) mass is 211 g/mol. The van der Waals surface area contributed by atoms with Gasteiger partial charge in [0.05, 0.1) is 7.11 Å². The molecule has 0 aromatic heterocycles. The number of ether oxygens (including phenoxy) is 1. The highest BCUT2D eigenvalue weighted by atomic mass is 16.5. The summed E-state index contributed by atoms with van der Waals surface area (Å²) in [7, 11) is 1.26. The third-order valence-corrected chi connectivity index (χ3v) is 3.63. The van der Waals surface area contributed by atoms with E-state index in [1.54, 1.807) is 4.90 Å². The number of nitrogens with zero attached hydrogens (tertiary/aromatic N) is 1. The van der Waals surface area contributed by atoms with Crippen molar-refractivity contribution in [3.63, 3.8) is 0 Å². The minimum absolute atomic E-state index is 0.297. The van der Waals surface area contributed by atoms with E-state index in [4.69, 9.17) is 0 Å². The van der Waals surface area contributed by atoms with Crippen molar-refractivity contribution in [1.29, 1.82) is 0 Å². The molecule has 0 aromatic carbocycles. The quantitative estimate of drug-likeness (QED) is 0.442. The van der Waals surface area contributed by atoms with Crippen LogP contribution in [0.5, 0.6) is 0 Å². The minimum atomic E-state index is -0.721. The van der Waals surface area contributed by atoms with Crippen LogP contribution in [0.2, 0.25) is 0 Å². The predicted octanol–water partition coefficient (Wildman–Crippen LogP) is 0.950. The zero-order valence-corrected chi connectivity index (χ0v) is 9.07. The summed E-state index contributed by atoms with van der Waals surface area (Å²) < 4.78 is 4.47. The second-order valence-corrected chi connectivity index (χ2v) is 4.39. The number of methoxy groups -OCH3 is 1. The Labute approximate surface area is 89.6 Å². The second kappa shape index (κ2) is 4.21. The molecule has 2 aliphatic rings. The largest absolute Gasteiger partial charge is 0.462 e. The average molecular weight is 211 g/mol. The van der Waals surface area contributed by atoms with Gasteiger partial charge in [0.2, 0.25) is 0 Å². The van der Waals surface area contributed by atoms with Gasteiger partial charge in [0.15, 0.2) is 0 Å². The molecule has 0 bridgehead atoms. The van der Waals surface area contributed by atoms with Crippen LogP contribution >= 0.6 is 0 Å².